The van der Waals surface area contributed by atoms with Crippen molar-refractivity contribution in [2.45, 2.75) is 0 Å². The average Bonchev–Trinajstić information content (AvgIpc) is 3.13. The van der Waals surface area contributed by atoms with Crippen LogP contribution in [0.2, 0.25) is 0 Å². The van der Waals surface area contributed by atoms with Gasteiger partial charge in [0.25, 0.3) is 0 Å². The molecule has 0 aliphatic heterocycles. The van der Waals surface area contributed by atoms with Gasteiger partial charge in [-0.25, -0.2) is 4.98 Å². The molecule has 0 amide bonds. The van der Waals surface area contributed by atoms with Gasteiger partial charge >= 0.3 is 0 Å². The van der Waals surface area contributed by atoms with Crippen LogP contribution in [0.3, 0.4) is 0 Å². The lowest BCUT2D eigenvalue weighted by Crippen LogP contribution is -1.82. The van der Waals surface area contributed by atoms with Crippen molar-refractivity contribution in [2.75, 3.05) is 0 Å². The molecule has 24 heavy (non-hydrogen) atoms. The van der Waals surface area contributed by atoms with Crippen LogP contribution in [0.4, 0.5) is 0 Å². The van der Waals surface area contributed by atoms with Gasteiger partial charge in [0.1, 0.15) is 5.01 Å². The zero-order valence-electron chi connectivity index (χ0n) is 12.7. The van der Waals surface area contributed by atoms with Crippen LogP contribution in [-0.4, -0.2) is 9.97 Å². The molecule has 0 saturated heterocycles. The Morgan fingerprint density at radius 3 is 2.08 bits per heavy atom. The summed E-state index contributed by atoms with van der Waals surface area (Å²) in [6, 6.07) is 20.8. The van der Waals surface area contributed by atoms with Gasteiger partial charge in [0.05, 0.1) is 5.69 Å². The summed E-state index contributed by atoms with van der Waals surface area (Å²) in [6.45, 7) is 0. The smallest absolute Gasteiger partial charge is 0.125 e. The molecule has 4 rings (SSSR count). The van der Waals surface area contributed by atoms with Crippen LogP contribution in [0.15, 0.2) is 82.9 Å². The lowest BCUT2D eigenvalue weighted by molar-refractivity contribution is 1.31. The number of benzene rings is 2. The van der Waals surface area contributed by atoms with E-state index in [0.717, 1.165) is 26.3 Å². The molecular weight excluding hydrogens is 380 g/mol. The molecule has 0 N–H and O–H groups in total. The second-order valence-electron chi connectivity index (χ2n) is 5.36. The molecule has 0 atom stereocenters. The van der Waals surface area contributed by atoms with E-state index in [2.05, 4.69) is 74.8 Å². The van der Waals surface area contributed by atoms with E-state index in [-0.39, 0.29) is 0 Å². The summed E-state index contributed by atoms with van der Waals surface area (Å²) in [4.78, 5) is 8.89. The zero-order valence-corrected chi connectivity index (χ0v) is 15.1. The van der Waals surface area contributed by atoms with Gasteiger partial charge in [0.2, 0.25) is 0 Å². The molecule has 116 valence electrons. The van der Waals surface area contributed by atoms with Crippen LogP contribution < -0.4 is 0 Å². The number of pyridine rings is 1. The zero-order chi connectivity index (χ0) is 16.4. The normalized spacial score (nSPS) is 10.7. The SMILES string of the molecule is Brc1ccc(-c2ccc(-c3csc(-c4cccnc4)n3)cc2)cc1. The molecule has 2 aromatic heterocycles. The number of thiazole rings is 1. The largest absolute Gasteiger partial charge is 0.264 e. The summed E-state index contributed by atoms with van der Waals surface area (Å²) >= 11 is 5.11. The number of rotatable bonds is 3. The first kappa shape index (κ1) is 15.2. The summed E-state index contributed by atoms with van der Waals surface area (Å²) in [5.41, 5.74) is 5.59. The minimum Gasteiger partial charge on any atom is -0.264 e. The summed E-state index contributed by atoms with van der Waals surface area (Å²) in [7, 11) is 0. The lowest BCUT2D eigenvalue weighted by Gasteiger charge is -2.03. The van der Waals surface area contributed by atoms with Gasteiger partial charge in [-0.1, -0.05) is 52.3 Å². The molecule has 2 aromatic carbocycles. The highest BCUT2D eigenvalue weighted by Gasteiger charge is 2.07. The molecule has 0 fully saturated rings. The standard InChI is InChI=1S/C20H13BrN2S/c21-18-9-7-15(8-10-18)14-3-5-16(6-4-14)19-13-24-20(23-19)17-2-1-11-22-12-17/h1-13H. The number of halogens is 1. The Hall–Kier alpha value is -2.30. The fraction of sp³-hybridized carbons (Fsp3) is 0. The van der Waals surface area contributed by atoms with Crippen LogP contribution in [0.1, 0.15) is 0 Å². The maximum atomic E-state index is 4.74. The molecule has 0 bridgehead atoms. The molecule has 0 unspecified atom stereocenters. The average molecular weight is 393 g/mol. The molecule has 0 saturated carbocycles. The van der Waals surface area contributed by atoms with Gasteiger partial charge in [-0.15, -0.1) is 11.3 Å². The summed E-state index contributed by atoms with van der Waals surface area (Å²) in [6.07, 6.45) is 3.62. The van der Waals surface area contributed by atoms with E-state index in [9.17, 15) is 0 Å². The third kappa shape index (κ3) is 3.16. The van der Waals surface area contributed by atoms with E-state index in [1.807, 2.05) is 18.3 Å². The first-order valence-corrected chi connectivity index (χ1v) is 9.19. The van der Waals surface area contributed by atoms with Crippen molar-refractivity contribution in [3.8, 4) is 33.0 Å². The van der Waals surface area contributed by atoms with E-state index in [1.54, 1.807) is 17.5 Å². The molecule has 0 radical (unpaired) electrons. The molecule has 4 heteroatoms. The van der Waals surface area contributed by atoms with Gasteiger partial charge in [-0.05, 0) is 35.4 Å². The van der Waals surface area contributed by atoms with E-state index >= 15 is 0 Å². The van der Waals surface area contributed by atoms with Crippen LogP contribution in [-0.2, 0) is 0 Å². The summed E-state index contributed by atoms with van der Waals surface area (Å²) < 4.78 is 1.09. The van der Waals surface area contributed by atoms with Crippen molar-refractivity contribution < 1.29 is 0 Å². The van der Waals surface area contributed by atoms with Gasteiger partial charge in [0.15, 0.2) is 0 Å². The summed E-state index contributed by atoms with van der Waals surface area (Å²) in [5, 5.41) is 3.09. The quantitative estimate of drug-likeness (QED) is 0.408. The van der Waals surface area contributed by atoms with Crippen molar-refractivity contribution >= 4 is 27.3 Å². The predicted octanol–water partition coefficient (Wildman–Crippen LogP) is 6.30. The Labute approximate surface area is 153 Å². The third-order valence-corrected chi connectivity index (χ3v) is 5.19. The highest BCUT2D eigenvalue weighted by atomic mass is 79.9. The van der Waals surface area contributed by atoms with E-state index in [4.69, 9.17) is 4.98 Å². The predicted molar refractivity (Wildman–Crippen MR) is 104 cm³/mol. The number of hydrogen-bond acceptors (Lipinski definition) is 3. The second-order valence-corrected chi connectivity index (χ2v) is 7.14. The van der Waals surface area contributed by atoms with Crippen molar-refractivity contribution in [3.63, 3.8) is 0 Å². The van der Waals surface area contributed by atoms with Gasteiger partial charge in [-0.3, -0.25) is 4.98 Å². The molecule has 2 nitrogen and oxygen atoms in total. The molecule has 0 aliphatic carbocycles. The van der Waals surface area contributed by atoms with E-state index < -0.39 is 0 Å². The van der Waals surface area contributed by atoms with Crippen LogP contribution in [0.25, 0.3) is 33.0 Å². The molecule has 4 aromatic rings. The van der Waals surface area contributed by atoms with Gasteiger partial charge in [-0.2, -0.15) is 0 Å². The number of hydrogen-bond donors (Lipinski definition) is 0. The fourth-order valence-corrected chi connectivity index (χ4v) is 3.59. The van der Waals surface area contributed by atoms with E-state index in [1.165, 1.54) is 11.1 Å². The molecule has 2 heterocycles. The third-order valence-electron chi connectivity index (χ3n) is 3.77. The highest BCUT2D eigenvalue weighted by Crippen LogP contribution is 2.30. The van der Waals surface area contributed by atoms with Crippen molar-refractivity contribution in [1.82, 2.24) is 9.97 Å². The molecule has 0 aliphatic rings. The number of aromatic nitrogens is 2. The van der Waals surface area contributed by atoms with Crippen molar-refractivity contribution in [2.24, 2.45) is 0 Å². The van der Waals surface area contributed by atoms with Crippen LogP contribution in [0, 0.1) is 0 Å². The first-order chi connectivity index (χ1) is 11.8. The topological polar surface area (TPSA) is 25.8 Å². The second kappa shape index (κ2) is 6.67. The van der Waals surface area contributed by atoms with Crippen LogP contribution in [0.5, 0.6) is 0 Å². The lowest BCUT2D eigenvalue weighted by atomic mass is 10.0. The first-order valence-electron chi connectivity index (χ1n) is 7.52. The Morgan fingerprint density at radius 1 is 0.750 bits per heavy atom. The Bertz CT molecular complexity index is 945. The van der Waals surface area contributed by atoms with Crippen molar-refractivity contribution in [3.05, 3.63) is 82.9 Å². The van der Waals surface area contributed by atoms with E-state index in [0.29, 0.717) is 0 Å². The van der Waals surface area contributed by atoms with Gasteiger partial charge < -0.3 is 0 Å². The Morgan fingerprint density at radius 2 is 1.42 bits per heavy atom. The Kier molecular flexibility index (Phi) is 4.24. The minimum absolute atomic E-state index is 0.995. The maximum absolute atomic E-state index is 4.74. The maximum Gasteiger partial charge on any atom is 0.125 e. The monoisotopic (exact) mass is 392 g/mol. The molecular formula is C20H13BrN2S. The minimum atomic E-state index is 0.995. The number of nitrogens with zero attached hydrogens (tertiary/aromatic N) is 2. The summed E-state index contributed by atoms with van der Waals surface area (Å²) in [5.74, 6) is 0. The van der Waals surface area contributed by atoms with Gasteiger partial charge in [0, 0.05) is 33.4 Å². The van der Waals surface area contributed by atoms with Crippen LogP contribution >= 0.6 is 27.3 Å². The fourth-order valence-electron chi connectivity index (χ4n) is 2.50. The van der Waals surface area contributed by atoms with Crippen molar-refractivity contribution in [1.29, 1.82) is 0 Å². The Balaban J connectivity index is 1.61. The molecule has 0 spiro atoms. The highest BCUT2D eigenvalue weighted by molar-refractivity contribution is 9.10.